The van der Waals surface area contributed by atoms with Crippen molar-refractivity contribution < 1.29 is 9.50 Å². The lowest BCUT2D eigenvalue weighted by molar-refractivity contribution is 0.204. The van der Waals surface area contributed by atoms with Gasteiger partial charge in [-0.1, -0.05) is 35.3 Å². The van der Waals surface area contributed by atoms with Gasteiger partial charge in [0.15, 0.2) is 0 Å². The Morgan fingerprint density at radius 3 is 2.58 bits per heavy atom. The molecule has 0 saturated heterocycles. The molecule has 1 nitrogen and oxygen atoms in total. The second-order valence-corrected chi connectivity index (χ2v) is 5.87. The largest absolute Gasteiger partial charge is 0.388 e. The third-order valence-electron chi connectivity index (χ3n) is 2.53. The molecule has 0 spiro atoms. The Labute approximate surface area is 125 Å². The minimum Gasteiger partial charge on any atom is -0.388 e. The lowest BCUT2D eigenvalue weighted by Crippen LogP contribution is -2.00. The zero-order valence-electron chi connectivity index (χ0n) is 9.82. The van der Waals surface area contributed by atoms with E-state index in [0.29, 0.717) is 21.4 Å². The van der Waals surface area contributed by atoms with Gasteiger partial charge in [-0.3, -0.25) is 0 Å². The number of rotatable bonds is 4. The van der Waals surface area contributed by atoms with Crippen molar-refractivity contribution in [3.8, 4) is 0 Å². The Morgan fingerprint density at radius 2 is 1.89 bits per heavy atom. The molecular weight excluding hydrogens is 306 g/mol. The van der Waals surface area contributed by atoms with Crippen LogP contribution in [0.1, 0.15) is 11.7 Å². The predicted molar refractivity (Wildman–Crippen MR) is 78.5 cm³/mol. The molecule has 0 bridgehead atoms. The first kappa shape index (κ1) is 14.7. The molecule has 5 heteroatoms. The average molecular weight is 317 g/mol. The fourth-order valence-electron chi connectivity index (χ4n) is 1.55. The van der Waals surface area contributed by atoms with Crippen LogP contribution in [0.2, 0.25) is 10.0 Å². The highest BCUT2D eigenvalue weighted by Crippen LogP contribution is 2.29. The molecule has 0 saturated carbocycles. The molecule has 2 aromatic rings. The van der Waals surface area contributed by atoms with Gasteiger partial charge in [0.25, 0.3) is 0 Å². The van der Waals surface area contributed by atoms with Crippen molar-refractivity contribution in [2.24, 2.45) is 0 Å². The fourth-order valence-corrected chi connectivity index (χ4v) is 2.77. The standard InChI is InChI=1S/C14H11Cl2FOS/c15-12-5-4-9(6-13(12)16)14(18)8-19-11-3-1-2-10(17)7-11/h1-7,14,18H,8H2. The van der Waals surface area contributed by atoms with E-state index in [1.165, 1.54) is 23.9 Å². The lowest BCUT2D eigenvalue weighted by Gasteiger charge is -2.11. The summed E-state index contributed by atoms with van der Waals surface area (Å²) in [5.41, 5.74) is 0.693. The molecule has 2 aromatic carbocycles. The van der Waals surface area contributed by atoms with Crippen molar-refractivity contribution in [3.05, 3.63) is 63.9 Å². The first-order chi connectivity index (χ1) is 9.06. The van der Waals surface area contributed by atoms with Crippen LogP contribution in [0.15, 0.2) is 47.4 Å². The Bertz CT molecular complexity index is 577. The second kappa shape index (κ2) is 6.62. The number of benzene rings is 2. The zero-order chi connectivity index (χ0) is 13.8. The number of hydrogen-bond acceptors (Lipinski definition) is 2. The average Bonchev–Trinajstić information content (AvgIpc) is 2.39. The minimum atomic E-state index is -0.678. The van der Waals surface area contributed by atoms with Gasteiger partial charge >= 0.3 is 0 Å². The van der Waals surface area contributed by atoms with Gasteiger partial charge < -0.3 is 5.11 Å². The highest BCUT2D eigenvalue weighted by Gasteiger charge is 2.10. The fraction of sp³-hybridized carbons (Fsp3) is 0.143. The van der Waals surface area contributed by atoms with Gasteiger partial charge in [-0.15, -0.1) is 11.8 Å². The van der Waals surface area contributed by atoms with Gasteiger partial charge in [0.2, 0.25) is 0 Å². The van der Waals surface area contributed by atoms with E-state index >= 15 is 0 Å². The summed E-state index contributed by atoms with van der Waals surface area (Å²) in [5.74, 6) is 0.135. The Balaban J connectivity index is 2.01. The Hall–Kier alpha value is -0.740. The van der Waals surface area contributed by atoms with Crippen LogP contribution in [0.5, 0.6) is 0 Å². The molecule has 100 valence electrons. The first-order valence-corrected chi connectivity index (χ1v) is 7.32. The molecule has 1 unspecified atom stereocenters. The highest BCUT2D eigenvalue weighted by molar-refractivity contribution is 7.99. The molecule has 1 N–H and O–H groups in total. The topological polar surface area (TPSA) is 20.2 Å². The molecule has 0 aliphatic heterocycles. The summed E-state index contributed by atoms with van der Waals surface area (Å²) < 4.78 is 13.0. The quantitative estimate of drug-likeness (QED) is 0.805. The maximum atomic E-state index is 13.0. The number of aliphatic hydroxyl groups is 1. The van der Waals surface area contributed by atoms with Crippen LogP contribution < -0.4 is 0 Å². The van der Waals surface area contributed by atoms with E-state index in [1.54, 1.807) is 30.3 Å². The molecule has 1 atom stereocenters. The summed E-state index contributed by atoms with van der Waals surface area (Å²) in [7, 11) is 0. The van der Waals surface area contributed by atoms with Crippen molar-refractivity contribution in [2.75, 3.05) is 5.75 Å². The third kappa shape index (κ3) is 4.11. The summed E-state index contributed by atoms with van der Waals surface area (Å²) in [6.07, 6.45) is -0.678. The third-order valence-corrected chi connectivity index (χ3v) is 4.34. The molecule has 0 radical (unpaired) electrons. The van der Waals surface area contributed by atoms with Gasteiger partial charge in [-0.25, -0.2) is 4.39 Å². The monoisotopic (exact) mass is 316 g/mol. The minimum absolute atomic E-state index is 0.283. The van der Waals surface area contributed by atoms with Gasteiger partial charge in [-0.2, -0.15) is 0 Å². The molecule has 0 aromatic heterocycles. The predicted octanol–water partition coefficient (Wildman–Crippen LogP) is 4.96. The Kier molecular flexibility index (Phi) is 5.11. The van der Waals surface area contributed by atoms with Crippen molar-refractivity contribution in [3.63, 3.8) is 0 Å². The summed E-state index contributed by atoms with van der Waals surface area (Å²) in [6.45, 7) is 0. The van der Waals surface area contributed by atoms with Crippen molar-refractivity contribution in [1.82, 2.24) is 0 Å². The summed E-state index contributed by atoms with van der Waals surface area (Å²) in [6, 6.07) is 11.3. The van der Waals surface area contributed by atoms with Gasteiger partial charge in [0, 0.05) is 10.6 Å². The van der Waals surface area contributed by atoms with E-state index in [4.69, 9.17) is 23.2 Å². The lowest BCUT2D eigenvalue weighted by atomic mass is 10.1. The molecule has 0 aliphatic rings. The van der Waals surface area contributed by atoms with Crippen molar-refractivity contribution >= 4 is 35.0 Å². The summed E-state index contributed by atoms with van der Waals surface area (Å²) in [5, 5.41) is 10.9. The van der Waals surface area contributed by atoms with Gasteiger partial charge in [0.05, 0.1) is 16.1 Å². The van der Waals surface area contributed by atoms with Crippen LogP contribution >= 0.6 is 35.0 Å². The molecular formula is C14H11Cl2FOS. The second-order valence-electron chi connectivity index (χ2n) is 3.96. The maximum Gasteiger partial charge on any atom is 0.124 e. The number of aliphatic hydroxyl groups excluding tert-OH is 1. The Morgan fingerprint density at radius 1 is 1.11 bits per heavy atom. The van der Waals surface area contributed by atoms with E-state index in [2.05, 4.69) is 0 Å². The molecule has 0 fully saturated rings. The van der Waals surface area contributed by atoms with Crippen LogP contribution in [0.25, 0.3) is 0 Å². The first-order valence-electron chi connectivity index (χ1n) is 5.57. The number of halogens is 3. The van der Waals surface area contributed by atoms with E-state index in [1.807, 2.05) is 0 Å². The molecule has 2 rings (SSSR count). The number of thioether (sulfide) groups is 1. The van der Waals surface area contributed by atoms with E-state index in [-0.39, 0.29) is 5.82 Å². The van der Waals surface area contributed by atoms with Crippen molar-refractivity contribution in [2.45, 2.75) is 11.0 Å². The number of hydrogen-bond donors (Lipinski definition) is 1. The molecule has 0 amide bonds. The van der Waals surface area contributed by atoms with Crippen LogP contribution in [-0.2, 0) is 0 Å². The maximum absolute atomic E-state index is 13.0. The van der Waals surface area contributed by atoms with E-state index < -0.39 is 6.10 Å². The molecule has 19 heavy (non-hydrogen) atoms. The van der Waals surface area contributed by atoms with Crippen LogP contribution in [-0.4, -0.2) is 10.9 Å². The van der Waals surface area contributed by atoms with E-state index in [9.17, 15) is 9.50 Å². The van der Waals surface area contributed by atoms with Crippen molar-refractivity contribution in [1.29, 1.82) is 0 Å². The summed E-state index contributed by atoms with van der Waals surface area (Å²) >= 11 is 13.1. The molecule has 0 heterocycles. The van der Waals surface area contributed by atoms with E-state index in [0.717, 1.165) is 4.90 Å². The van der Waals surface area contributed by atoms with Gasteiger partial charge in [-0.05, 0) is 35.9 Å². The van der Waals surface area contributed by atoms with Crippen LogP contribution in [0, 0.1) is 5.82 Å². The smallest absolute Gasteiger partial charge is 0.124 e. The van der Waals surface area contributed by atoms with Crippen LogP contribution in [0.3, 0.4) is 0 Å². The highest BCUT2D eigenvalue weighted by atomic mass is 35.5. The SMILES string of the molecule is OC(CSc1cccc(F)c1)c1ccc(Cl)c(Cl)c1. The molecule has 0 aliphatic carbocycles. The van der Waals surface area contributed by atoms with Gasteiger partial charge in [0.1, 0.15) is 5.82 Å². The zero-order valence-corrected chi connectivity index (χ0v) is 12.1. The summed E-state index contributed by atoms with van der Waals surface area (Å²) in [4.78, 5) is 0.777. The normalized spacial score (nSPS) is 12.4. The van der Waals surface area contributed by atoms with Crippen LogP contribution in [0.4, 0.5) is 4.39 Å².